The average molecular weight is 525 g/mol. The SMILES string of the molecule is CN(C1CC(CN2CCC(c3ccccc3)CC2)C(c2ccccc2)C1)S(=O)(=O)c1ccccc1.Cl. The molecule has 1 aliphatic carbocycles. The monoisotopic (exact) mass is 524 g/mol. The summed E-state index contributed by atoms with van der Waals surface area (Å²) >= 11 is 0. The third kappa shape index (κ3) is 5.86. The first-order valence-electron chi connectivity index (χ1n) is 12.9. The number of rotatable bonds is 7. The standard InChI is InChI=1S/C30H36N2O2S.ClH/c1-31(35(33,34)29-15-9-4-10-16-29)28-21-27(30(22-28)26-13-7-3-8-14-26)23-32-19-17-25(18-20-32)24-11-5-2-6-12-24;/h2-16,25,27-28,30H,17-23H2,1H3;1H. The number of benzene rings is 3. The predicted molar refractivity (Wildman–Crippen MR) is 149 cm³/mol. The minimum atomic E-state index is -3.50. The lowest BCUT2D eigenvalue weighted by molar-refractivity contribution is 0.176. The molecule has 0 radical (unpaired) electrons. The van der Waals surface area contributed by atoms with E-state index >= 15 is 0 Å². The zero-order chi connectivity index (χ0) is 24.3. The van der Waals surface area contributed by atoms with Gasteiger partial charge in [-0.25, -0.2) is 8.42 Å². The summed E-state index contributed by atoms with van der Waals surface area (Å²) in [4.78, 5) is 3.00. The minimum absolute atomic E-state index is 0. The second-order valence-electron chi connectivity index (χ2n) is 10.2. The Morgan fingerprint density at radius 1 is 0.778 bits per heavy atom. The van der Waals surface area contributed by atoms with E-state index in [1.165, 1.54) is 24.0 Å². The van der Waals surface area contributed by atoms with E-state index < -0.39 is 10.0 Å². The summed E-state index contributed by atoms with van der Waals surface area (Å²) in [6.07, 6.45) is 4.16. The van der Waals surface area contributed by atoms with Crippen LogP contribution in [0.2, 0.25) is 0 Å². The maximum Gasteiger partial charge on any atom is 0.243 e. The van der Waals surface area contributed by atoms with Crippen LogP contribution in [0.1, 0.15) is 48.6 Å². The molecular formula is C30H37ClN2O2S. The molecule has 0 aromatic heterocycles. The van der Waals surface area contributed by atoms with Gasteiger partial charge in [0.05, 0.1) is 4.90 Å². The summed E-state index contributed by atoms with van der Waals surface area (Å²) in [5.41, 5.74) is 2.80. The van der Waals surface area contributed by atoms with E-state index in [-0.39, 0.29) is 18.4 Å². The van der Waals surface area contributed by atoms with Gasteiger partial charge in [0.1, 0.15) is 0 Å². The van der Waals surface area contributed by atoms with E-state index in [0.717, 1.165) is 32.5 Å². The third-order valence-electron chi connectivity index (χ3n) is 8.18. The second kappa shape index (κ2) is 11.9. The van der Waals surface area contributed by atoms with Crippen molar-refractivity contribution in [2.24, 2.45) is 5.92 Å². The summed E-state index contributed by atoms with van der Waals surface area (Å²) in [7, 11) is -1.74. The Morgan fingerprint density at radius 2 is 1.31 bits per heavy atom. The predicted octanol–water partition coefficient (Wildman–Crippen LogP) is 6.17. The van der Waals surface area contributed by atoms with Crippen LogP contribution in [0, 0.1) is 5.92 Å². The first-order chi connectivity index (χ1) is 17.0. The van der Waals surface area contributed by atoms with Crippen LogP contribution in [0.3, 0.4) is 0 Å². The van der Waals surface area contributed by atoms with Gasteiger partial charge in [-0.15, -0.1) is 12.4 Å². The van der Waals surface area contributed by atoms with Crippen LogP contribution in [0.4, 0.5) is 0 Å². The van der Waals surface area contributed by atoms with Crippen LogP contribution in [0.15, 0.2) is 95.9 Å². The van der Waals surface area contributed by atoms with Crippen LogP contribution >= 0.6 is 12.4 Å². The van der Waals surface area contributed by atoms with Crippen LogP contribution in [0.5, 0.6) is 0 Å². The van der Waals surface area contributed by atoms with E-state index in [2.05, 4.69) is 65.6 Å². The summed E-state index contributed by atoms with van der Waals surface area (Å²) in [5, 5.41) is 0. The molecule has 0 amide bonds. The van der Waals surface area contributed by atoms with E-state index in [0.29, 0.717) is 22.6 Å². The van der Waals surface area contributed by atoms with Gasteiger partial charge in [0.25, 0.3) is 0 Å². The van der Waals surface area contributed by atoms with Gasteiger partial charge >= 0.3 is 0 Å². The molecule has 3 atom stereocenters. The molecule has 5 rings (SSSR count). The molecule has 3 aromatic carbocycles. The van der Waals surface area contributed by atoms with Gasteiger partial charge < -0.3 is 4.90 Å². The molecule has 192 valence electrons. The van der Waals surface area contributed by atoms with Crippen molar-refractivity contribution in [2.75, 3.05) is 26.7 Å². The molecule has 3 aromatic rings. The molecule has 1 saturated heterocycles. The molecule has 36 heavy (non-hydrogen) atoms. The fourth-order valence-corrected chi connectivity index (χ4v) is 7.56. The van der Waals surface area contributed by atoms with Gasteiger partial charge in [0.2, 0.25) is 10.0 Å². The van der Waals surface area contributed by atoms with E-state index in [9.17, 15) is 8.42 Å². The summed E-state index contributed by atoms with van der Waals surface area (Å²) < 4.78 is 28.3. The molecule has 1 heterocycles. The molecule has 3 unspecified atom stereocenters. The normalized spacial score (nSPS) is 23.4. The zero-order valence-electron chi connectivity index (χ0n) is 20.9. The van der Waals surface area contributed by atoms with Crippen molar-refractivity contribution in [3.05, 3.63) is 102 Å². The molecule has 1 saturated carbocycles. The topological polar surface area (TPSA) is 40.6 Å². The number of halogens is 1. The molecular weight excluding hydrogens is 488 g/mol. The van der Waals surface area contributed by atoms with Crippen LogP contribution < -0.4 is 0 Å². The van der Waals surface area contributed by atoms with Gasteiger partial charge in [0, 0.05) is 19.6 Å². The zero-order valence-corrected chi connectivity index (χ0v) is 22.6. The van der Waals surface area contributed by atoms with Crippen molar-refractivity contribution >= 4 is 22.4 Å². The van der Waals surface area contributed by atoms with Gasteiger partial charge in [-0.05, 0) is 79.8 Å². The number of nitrogens with zero attached hydrogens (tertiary/aromatic N) is 2. The fraction of sp³-hybridized carbons (Fsp3) is 0.400. The van der Waals surface area contributed by atoms with Crippen molar-refractivity contribution in [2.45, 2.75) is 48.5 Å². The maximum atomic E-state index is 13.3. The molecule has 2 aliphatic rings. The molecule has 0 spiro atoms. The van der Waals surface area contributed by atoms with Crippen LogP contribution in [0.25, 0.3) is 0 Å². The van der Waals surface area contributed by atoms with Gasteiger partial charge in [-0.3, -0.25) is 0 Å². The Labute approximate surface area is 222 Å². The lowest BCUT2D eigenvalue weighted by atomic mass is 9.86. The number of hydrogen-bond donors (Lipinski definition) is 0. The largest absolute Gasteiger partial charge is 0.303 e. The Kier molecular flexibility index (Phi) is 8.89. The lowest BCUT2D eigenvalue weighted by Crippen LogP contribution is -2.38. The summed E-state index contributed by atoms with van der Waals surface area (Å²) in [6.45, 7) is 3.26. The van der Waals surface area contributed by atoms with E-state index in [1.54, 1.807) is 35.6 Å². The third-order valence-corrected chi connectivity index (χ3v) is 10.1. The molecule has 4 nitrogen and oxygen atoms in total. The van der Waals surface area contributed by atoms with Crippen LogP contribution in [-0.2, 0) is 10.0 Å². The van der Waals surface area contributed by atoms with Gasteiger partial charge in [0.15, 0.2) is 0 Å². The first-order valence-corrected chi connectivity index (χ1v) is 14.3. The smallest absolute Gasteiger partial charge is 0.243 e. The number of hydrogen-bond acceptors (Lipinski definition) is 3. The van der Waals surface area contributed by atoms with E-state index in [4.69, 9.17) is 0 Å². The Morgan fingerprint density at radius 3 is 1.89 bits per heavy atom. The summed E-state index contributed by atoms with van der Waals surface area (Å²) in [5.74, 6) is 1.47. The fourth-order valence-electron chi connectivity index (χ4n) is 6.16. The highest BCUT2D eigenvalue weighted by Crippen LogP contribution is 2.43. The molecule has 6 heteroatoms. The molecule has 0 N–H and O–H groups in total. The molecule has 2 fully saturated rings. The Balaban J connectivity index is 0.00000304. The van der Waals surface area contributed by atoms with Crippen molar-refractivity contribution in [1.82, 2.24) is 9.21 Å². The average Bonchev–Trinajstić information content (AvgIpc) is 3.33. The van der Waals surface area contributed by atoms with Crippen molar-refractivity contribution < 1.29 is 8.42 Å². The van der Waals surface area contributed by atoms with Crippen molar-refractivity contribution in [3.63, 3.8) is 0 Å². The number of piperidine rings is 1. The lowest BCUT2D eigenvalue weighted by Gasteiger charge is -2.35. The highest BCUT2D eigenvalue weighted by molar-refractivity contribution is 7.89. The summed E-state index contributed by atoms with van der Waals surface area (Å²) in [6, 6.07) is 30.5. The van der Waals surface area contributed by atoms with Crippen molar-refractivity contribution in [1.29, 1.82) is 0 Å². The highest BCUT2D eigenvalue weighted by Gasteiger charge is 2.41. The number of sulfonamides is 1. The molecule has 1 aliphatic heterocycles. The van der Waals surface area contributed by atoms with Gasteiger partial charge in [-0.2, -0.15) is 4.31 Å². The quantitative estimate of drug-likeness (QED) is 0.371. The van der Waals surface area contributed by atoms with Gasteiger partial charge in [-0.1, -0.05) is 78.9 Å². The van der Waals surface area contributed by atoms with Crippen molar-refractivity contribution in [3.8, 4) is 0 Å². The minimum Gasteiger partial charge on any atom is -0.303 e. The number of likely N-dealkylation sites (tertiary alicyclic amines) is 1. The molecule has 0 bridgehead atoms. The Hall–Kier alpha value is -2.18. The van der Waals surface area contributed by atoms with E-state index in [1.807, 2.05) is 6.07 Å². The highest BCUT2D eigenvalue weighted by atomic mass is 35.5. The Bertz CT molecular complexity index is 1180. The maximum absolute atomic E-state index is 13.3. The second-order valence-corrected chi connectivity index (χ2v) is 12.2. The first kappa shape index (κ1) is 26.9. The van der Waals surface area contributed by atoms with Crippen LogP contribution in [-0.4, -0.2) is 50.3 Å².